The molecule has 0 aliphatic heterocycles. The summed E-state index contributed by atoms with van der Waals surface area (Å²) >= 11 is 5.80. The molecule has 0 bridgehead atoms. The molecule has 0 aliphatic carbocycles. The minimum atomic E-state index is -4.44. The molecule has 114 valence electrons. The molecule has 0 spiro atoms. The zero-order valence-electron chi connectivity index (χ0n) is 11.5. The average Bonchev–Trinajstić information content (AvgIpc) is 2.37. The summed E-state index contributed by atoms with van der Waals surface area (Å²) < 4.78 is 37.4. The molecule has 3 nitrogen and oxygen atoms in total. The lowest BCUT2D eigenvalue weighted by Crippen LogP contribution is -2.36. The normalized spacial score (nSPS) is 13.6. The van der Waals surface area contributed by atoms with Crippen LogP contribution in [0.15, 0.2) is 12.3 Å². The van der Waals surface area contributed by atoms with E-state index in [1.165, 1.54) is 0 Å². The van der Waals surface area contributed by atoms with Crippen LogP contribution in [0.1, 0.15) is 32.3 Å². The highest BCUT2D eigenvalue weighted by atomic mass is 35.5. The Bertz CT molecular complexity index is 433. The van der Waals surface area contributed by atoms with Gasteiger partial charge < -0.3 is 11.1 Å². The van der Waals surface area contributed by atoms with Crippen molar-refractivity contribution < 1.29 is 13.2 Å². The van der Waals surface area contributed by atoms with Gasteiger partial charge in [0.2, 0.25) is 0 Å². The number of rotatable bonds is 6. The van der Waals surface area contributed by atoms with Crippen molar-refractivity contribution in [2.24, 2.45) is 11.7 Å². The van der Waals surface area contributed by atoms with Crippen molar-refractivity contribution in [3.05, 3.63) is 22.8 Å². The summed E-state index contributed by atoms with van der Waals surface area (Å²) in [6.45, 7) is 4.53. The lowest BCUT2D eigenvalue weighted by Gasteiger charge is -2.22. The molecule has 20 heavy (non-hydrogen) atoms. The minimum absolute atomic E-state index is 0.0587. The lowest BCUT2D eigenvalue weighted by molar-refractivity contribution is -0.137. The number of nitrogens with one attached hydrogen (secondary N) is 1. The maximum Gasteiger partial charge on any atom is 0.417 e. The smallest absolute Gasteiger partial charge is 0.367 e. The molecular formula is C13H19ClF3N3. The number of hydrogen-bond donors (Lipinski definition) is 2. The van der Waals surface area contributed by atoms with Gasteiger partial charge in [0.05, 0.1) is 10.6 Å². The quantitative estimate of drug-likeness (QED) is 0.837. The van der Waals surface area contributed by atoms with Crippen LogP contribution >= 0.6 is 11.6 Å². The first-order valence-corrected chi connectivity index (χ1v) is 6.89. The van der Waals surface area contributed by atoms with Gasteiger partial charge in [0, 0.05) is 18.8 Å². The fourth-order valence-corrected chi connectivity index (χ4v) is 2.23. The number of nitrogens with two attached hydrogens (primary N) is 1. The molecule has 3 N–H and O–H groups in total. The van der Waals surface area contributed by atoms with E-state index >= 15 is 0 Å². The molecule has 0 aliphatic rings. The Morgan fingerprint density at radius 2 is 1.95 bits per heavy atom. The predicted molar refractivity (Wildman–Crippen MR) is 74.8 cm³/mol. The van der Waals surface area contributed by atoms with Gasteiger partial charge in [-0.3, -0.25) is 0 Å². The standard InChI is InChI=1S/C13H19ClF3N3/c1-3-8(4-2)11(18)7-20-12-10(14)5-9(6-19-12)13(15,16)17/h5-6,8,11H,3-4,7,18H2,1-2H3,(H,19,20). The van der Waals surface area contributed by atoms with Gasteiger partial charge in [-0.1, -0.05) is 38.3 Å². The van der Waals surface area contributed by atoms with Crippen molar-refractivity contribution in [1.29, 1.82) is 0 Å². The Morgan fingerprint density at radius 3 is 2.40 bits per heavy atom. The number of halogens is 4. The summed E-state index contributed by atoms with van der Waals surface area (Å²) in [7, 11) is 0. The van der Waals surface area contributed by atoms with Gasteiger partial charge >= 0.3 is 6.18 Å². The summed E-state index contributed by atoms with van der Waals surface area (Å²) in [5.41, 5.74) is 5.16. The Morgan fingerprint density at radius 1 is 1.35 bits per heavy atom. The summed E-state index contributed by atoms with van der Waals surface area (Å²) in [4.78, 5) is 3.71. The Balaban J connectivity index is 2.70. The molecule has 0 aromatic carbocycles. The molecule has 0 saturated carbocycles. The second-order valence-corrected chi connectivity index (χ2v) is 5.08. The SMILES string of the molecule is CCC(CC)C(N)CNc1ncc(C(F)(F)F)cc1Cl. The van der Waals surface area contributed by atoms with E-state index in [9.17, 15) is 13.2 Å². The van der Waals surface area contributed by atoms with E-state index in [1.54, 1.807) is 0 Å². The average molecular weight is 310 g/mol. The fraction of sp³-hybridized carbons (Fsp3) is 0.615. The fourth-order valence-electron chi connectivity index (χ4n) is 2.00. The van der Waals surface area contributed by atoms with Crippen molar-refractivity contribution in [3.8, 4) is 0 Å². The Hall–Kier alpha value is -1.01. The zero-order valence-corrected chi connectivity index (χ0v) is 12.2. The highest BCUT2D eigenvalue weighted by Gasteiger charge is 2.31. The first-order valence-electron chi connectivity index (χ1n) is 6.51. The highest BCUT2D eigenvalue weighted by Crippen LogP contribution is 2.32. The minimum Gasteiger partial charge on any atom is -0.367 e. The molecule has 7 heteroatoms. The molecule has 1 aromatic rings. The molecular weight excluding hydrogens is 291 g/mol. The molecule has 0 fully saturated rings. The largest absolute Gasteiger partial charge is 0.417 e. The number of aromatic nitrogens is 1. The molecule has 1 atom stereocenters. The van der Waals surface area contributed by atoms with E-state index in [4.69, 9.17) is 17.3 Å². The van der Waals surface area contributed by atoms with Gasteiger partial charge in [0.25, 0.3) is 0 Å². The first kappa shape index (κ1) is 17.0. The van der Waals surface area contributed by atoms with Crippen LogP contribution in [-0.4, -0.2) is 17.6 Å². The second-order valence-electron chi connectivity index (χ2n) is 4.67. The summed E-state index contributed by atoms with van der Waals surface area (Å²) in [5.74, 6) is 0.580. The van der Waals surface area contributed by atoms with Crippen molar-refractivity contribution in [3.63, 3.8) is 0 Å². The lowest BCUT2D eigenvalue weighted by atomic mass is 9.95. The Kier molecular flexibility index (Phi) is 6.07. The molecule has 1 aromatic heterocycles. The molecule has 1 rings (SSSR count). The number of alkyl halides is 3. The summed E-state index contributed by atoms with van der Waals surface area (Å²) in [5, 5.41) is 2.85. The van der Waals surface area contributed by atoms with E-state index in [0.29, 0.717) is 12.5 Å². The molecule has 0 saturated heterocycles. The molecule has 0 amide bonds. The van der Waals surface area contributed by atoms with Crippen LogP contribution in [0.3, 0.4) is 0 Å². The van der Waals surface area contributed by atoms with Gasteiger partial charge in [0.15, 0.2) is 0 Å². The molecule has 0 radical (unpaired) electrons. The molecule has 1 unspecified atom stereocenters. The zero-order chi connectivity index (χ0) is 15.3. The van der Waals surface area contributed by atoms with Gasteiger partial charge in [-0.25, -0.2) is 4.98 Å². The van der Waals surface area contributed by atoms with Crippen LogP contribution in [-0.2, 0) is 6.18 Å². The van der Waals surface area contributed by atoms with Crippen molar-refractivity contribution in [2.75, 3.05) is 11.9 Å². The first-order chi connectivity index (χ1) is 9.29. The Labute approximate surface area is 121 Å². The topological polar surface area (TPSA) is 50.9 Å². The van der Waals surface area contributed by atoms with Crippen LogP contribution < -0.4 is 11.1 Å². The highest BCUT2D eigenvalue weighted by molar-refractivity contribution is 6.32. The third-order valence-corrected chi connectivity index (χ3v) is 3.62. The maximum atomic E-state index is 12.5. The molecule has 1 heterocycles. The van der Waals surface area contributed by atoms with Gasteiger partial charge in [-0.05, 0) is 12.0 Å². The van der Waals surface area contributed by atoms with Gasteiger partial charge in [0.1, 0.15) is 5.82 Å². The van der Waals surface area contributed by atoms with Crippen molar-refractivity contribution in [1.82, 2.24) is 4.98 Å². The van der Waals surface area contributed by atoms with Crippen LogP contribution in [0.4, 0.5) is 19.0 Å². The number of anilines is 1. The third-order valence-electron chi connectivity index (χ3n) is 3.33. The predicted octanol–water partition coefficient (Wildman–Crippen LogP) is 3.93. The van der Waals surface area contributed by atoms with E-state index in [2.05, 4.69) is 24.1 Å². The van der Waals surface area contributed by atoms with E-state index in [1.807, 2.05) is 0 Å². The van der Waals surface area contributed by atoms with Crippen molar-refractivity contribution in [2.45, 2.75) is 38.9 Å². The van der Waals surface area contributed by atoms with Gasteiger partial charge in [-0.15, -0.1) is 0 Å². The van der Waals surface area contributed by atoms with Crippen molar-refractivity contribution >= 4 is 17.4 Å². The number of nitrogens with zero attached hydrogens (tertiary/aromatic N) is 1. The van der Waals surface area contributed by atoms with E-state index in [-0.39, 0.29) is 16.9 Å². The van der Waals surface area contributed by atoms with E-state index in [0.717, 1.165) is 25.1 Å². The van der Waals surface area contributed by atoms with Crippen LogP contribution in [0, 0.1) is 5.92 Å². The maximum absolute atomic E-state index is 12.5. The number of hydrogen-bond acceptors (Lipinski definition) is 3. The van der Waals surface area contributed by atoms with E-state index < -0.39 is 11.7 Å². The van der Waals surface area contributed by atoms with Crippen LogP contribution in [0.2, 0.25) is 5.02 Å². The monoisotopic (exact) mass is 309 g/mol. The van der Waals surface area contributed by atoms with Gasteiger partial charge in [-0.2, -0.15) is 13.2 Å². The summed E-state index contributed by atoms with van der Waals surface area (Å²) in [6.07, 6.45) is -1.78. The number of pyridine rings is 1. The third kappa shape index (κ3) is 4.52. The summed E-state index contributed by atoms with van der Waals surface area (Å²) in [6, 6.07) is 0.768. The van der Waals surface area contributed by atoms with Crippen LogP contribution in [0.5, 0.6) is 0 Å². The second kappa shape index (κ2) is 7.13. The van der Waals surface area contributed by atoms with Crippen LogP contribution in [0.25, 0.3) is 0 Å².